The Morgan fingerprint density at radius 2 is 1.81 bits per heavy atom. The van der Waals surface area contributed by atoms with E-state index in [9.17, 15) is 0 Å². The number of nitrogens with zero attached hydrogens (tertiary/aromatic N) is 1. The molecule has 21 heavy (non-hydrogen) atoms. The van der Waals surface area contributed by atoms with Crippen LogP contribution in [0.2, 0.25) is 0 Å². The van der Waals surface area contributed by atoms with Crippen molar-refractivity contribution in [1.29, 1.82) is 0 Å². The molecule has 126 valence electrons. The van der Waals surface area contributed by atoms with E-state index in [1.807, 2.05) is 0 Å². The minimum atomic E-state index is 0.306. The number of rotatable bonds is 10. The molecule has 1 fully saturated rings. The van der Waals surface area contributed by atoms with Crippen LogP contribution in [-0.4, -0.2) is 30.1 Å². The van der Waals surface area contributed by atoms with Gasteiger partial charge in [0.2, 0.25) is 0 Å². The smallest absolute Gasteiger partial charge is 0.0331 e. The van der Waals surface area contributed by atoms with Crippen molar-refractivity contribution in [1.82, 2.24) is 4.90 Å². The van der Waals surface area contributed by atoms with Gasteiger partial charge in [0.05, 0.1) is 0 Å². The second-order valence-electron chi connectivity index (χ2n) is 7.24. The highest BCUT2D eigenvalue weighted by molar-refractivity contribution is 4.96. The summed E-state index contributed by atoms with van der Waals surface area (Å²) in [5.41, 5.74) is 6.58. The van der Waals surface area contributed by atoms with Crippen molar-refractivity contribution >= 4 is 0 Å². The molecule has 0 radical (unpaired) electrons. The van der Waals surface area contributed by atoms with E-state index < -0.39 is 0 Å². The first kappa shape index (κ1) is 19.0. The minimum absolute atomic E-state index is 0.306. The van der Waals surface area contributed by atoms with E-state index >= 15 is 0 Å². The lowest BCUT2D eigenvalue weighted by Crippen LogP contribution is -2.56. The van der Waals surface area contributed by atoms with Gasteiger partial charge in [-0.3, -0.25) is 4.90 Å². The van der Waals surface area contributed by atoms with Gasteiger partial charge in [0.25, 0.3) is 0 Å². The van der Waals surface area contributed by atoms with Crippen molar-refractivity contribution in [3.8, 4) is 0 Å². The fourth-order valence-corrected chi connectivity index (χ4v) is 4.16. The fourth-order valence-electron chi connectivity index (χ4n) is 4.16. The summed E-state index contributed by atoms with van der Waals surface area (Å²) in [6.45, 7) is 12.6. The van der Waals surface area contributed by atoms with Crippen molar-refractivity contribution in [2.24, 2.45) is 17.6 Å². The van der Waals surface area contributed by atoms with Gasteiger partial charge in [-0.05, 0) is 50.5 Å². The highest BCUT2D eigenvalue weighted by Crippen LogP contribution is 2.38. The topological polar surface area (TPSA) is 29.3 Å². The van der Waals surface area contributed by atoms with Crippen LogP contribution >= 0.6 is 0 Å². The first-order valence-corrected chi connectivity index (χ1v) is 9.60. The fraction of sp³-hybridized carbons (Fsp3) is 1.00. The average molecular weight is 297 g/mol. The van der Waals surface area contributed by atoms with Crippen molar-refractivity contribution in [3.05, 3.63) is 0 Å². The third-order valence-corrected chi connectivity index (χ3v) is 6.07. The lowest BCUT2D eigenvalue weighted by molar-refractivity contribution is 0.0313. The quantitative estimate of drug-likeness (QED) is 0.626. The molecule has 2 heteroatoms. The molecule has 0 spiro atoms. The molecule has 2 N–H and O–H groups in total. The predicted octanol–water partition coefficient (Wildman–Crippen LogP) is 4.82. The Morgan fingerprint density at radius 1 is 1.14 bits per heavy atom. The summed E-state index contributed by atoms with van der Waals surface area (Å²) in [5.74, 6) is 1.81. The van der Waals surface area contributed by atoms with E-state index in [0.717, 1.165) is 24.9 Å². The Labute approximate surface area is 133 Å². The highest BCUT2D eigenvalue weighted by atomic mass is 15.2. The zero-order valence-corrected chi connectivity index (χ0v) is 15.2. The van der Waals surface area contributed by atoms with E-state index in [1.165, 1.54) is 64.3 Å². The summed E-state index contributed by atoms with van der Waals surface area (Å²) in [5, 5.41) is 0. The molecule has 1 unspecified atom stereocenters. The summed E-state index contributed by atoms with van der Waals surface area (Å²) < 4.78 is 0. The van der Waals surface area contributed by atoms with Crippen LogP contribution < -0.4 is 5.73 Å². The maximum Gasteiger partial charge on any atom is 0.0331 e. The zero-order valence-electron chi connectivity index (χ0n) is 15.2. The molecular formula is C19H40N2. The molecule has 2 nitrogen and oxygen atoms in total. The Hall–Kier alpha value is -0.0800. The third kappa shape index (κ3) is 5.25. The third-order valence-electron chi connectivity index (χ3n) is 6.07. The SMILES string of the molecule is CCCCC(CC)CN(CC)C1(CN)CCC(CC)CC1. The van der Waals surface area contributed by atoms with Gasteiger partial charge in [-0.15, -0.1) is 0 Å². The monoisotopic (exact) mass is 296 g/mol. The molecule has 1 rings (SSSR count). The van der Waals surface area contributed by atoms with E-state index in [4.69, 9.17) is 5.73 Å². The van der Waals surface area contributed by atoms with Gasteiger partial charge in [0.15, 0.2) is 0 Å². The summed E-state index contributed by atoms with van der Waals surface area (Å²) in [6.07, 6.45) is 12.2. The average Bonchev–Trinajstić information content (AvgIpc) is 2.55. The molecule has 0 aliphatic heterocycles. The van der Waals surface area contributed by atoms with E-state index in [2.05, 4.69) is 32.6 Å². The Balaban J connectivity index is 2.66. The largest absolute Gasteiger partial charge is 0.329 e. The van der Waals surface area contributed by atoms with Crippen LogP contribution in [0.5, 0.6) is 0 Å². The van der Waals surface area contributed by atoms with Crippen LogP contribution in [-0.2, 0) is 0 Å². The maximum absolute atomic E-state index is 6.28. The highest BCUT2D eigenvalue weighted by Gasteiger charge is 2.38. The van der Waals surface area contributed by atoms with E-state index in [1.54, 1.807) is 0 Å². The lowest BCUT2D eigenvalue weighted by Gasteiger charge is -2.48. The molecule has 0 aromatic rings. The predicted molar refractivity (Wildman–Crippen MR) is 94.6 cm³/mol. The number of nitrogens with two attached hydrogens (primary N) is 1. The van der Waals surface area contributed by atoms with Crippen molar-refractivity contribution in [2.75, 3.05) is 19.6 Å². The van der Waals surface area contributed by atoms with Crippen LogP contribution in [0.4, 0.5) is 0 Å². The van der Waals surface area contributed by atoms with E-state index in [-0.39, 0.29) is 0 Å². The molecule has 0 saturated heterocycles. The molecule has 0 aromatic carbocycles. The molecule has 1 aliphatic rings. The van der Waals surface area contributed by atoms with Gasteiger partial charge in [0, 0.05) is 18.6 Å². The Kier molecular flexibility index (Phi) is 8.89. The van der Waals surface area contributed by atoms with Gasteiger partial charge in [0.1, 0.15) is 0 Å². The van der Waals surface area contributed by atoms with E-state index in [0.29, 0.717) is 5.54 Å². The first-order valence-electron chi connectivity index (χ1n) is 9.60. The van der Waals surface area contributed by atoms with Crippen molar-refractivity contribution in [2.45, 2.75) is 91.0 Å². The Morgan fingerprint density at radius 3 is 2.24 bits per heavy atom. The molecule has 1 saturated carbocycles. The molecule has 1 atom stereocenters. The number of hydrogen-bond acceptors (Lipinski definition) is 2. The van der Waals surface area contributed by atoms with Gasteiger partial charge in [-0.1, -0.05) is 53.4 Å². The number of hydrogen-bond donors (Lipinski definition) is 1. The molecule has 0 aromatic heterocycles. The maximum atomic E-state index is 6.28. The standard InChI is InChI=1S/C19H40N2/c1-5-9-10-18(7-3)15-21(8-4)19(16-20)13-11-17(6-2)12-14-19/h17-18H,5-16,20H2,1-4H3. The van der Waals surface area contributed by atoms with Crippen LogP contribution in [0.3, 0.4) is 0 Å². The second-order valence-corrected chi connectivity index (χ2v) is 7.24. The molecular weight excluding hydrogens is 256 g/mol. The number of likely N-dealkylation sites (N-methyl/N-ethyl adjacent to an activating group) is 1. The first-order chi connectivity index (χ1) is 10.2. The Bertz CT molecular complexity index is 256. The summed E-state index contributed by atoms with van der Waals surface area (Å²) in [6, 6.07) is 0. The molecule has 0 bridgehead atoms. The van der Waals surface area contributed by atoms with Gasteiger partial charge in [-0.25, -0.2) is 0 Å². The van der Waals surface area contributed by atoms with Crippen molar-refractivity contribution < 1.29 is 0 Å². The van der Waals surface area contributed by atoms with Crippen LogP contribution in [0.25, 0.3) is 0 Å². The van der Waals surface area contributed by atoms with Crippen LogP contribution in [0.1, 0.15) is 85.5 Å². The summed E-state index contributed by atoms with van der Waals surface area (Å²) in [7, 11) is 0. The van der Waals surface area contributed by atoms with Gasteiger partial charge < -0.3 is 5.73 Å². The van der Waals surface area contributed by atoms with Crippen LogP contribution in [0.15, 0.2) is 0 Å². The van der Waals surface area contributed by atoms with Gasteiger partial charge >= 0.3 is 0 Å². The van der Waals surface area contributed by atoms with Crippen molar-refractivity contribution in [3.63, 3.8) is 0 Å². The van der Waals surface area contributed by atoms with Gasteiger partial charge in [-0.2, -0.15) is 0 Å². The second kappa shape index (κ2) is 9.84. The lowest BCUT2D eigenvalue weighted by atomic mass is 9.74. The minimum Gasteiger partial charge on any atom is -0.329 e. The summed E-state index contributed by atoms with van der Waals surface area (Å²) in [4.78, 5) is 2.75. The molecule has 0 heterocycles. The van der Waals surface area contributed by atoms with Crippen LogP contribution in [0, 0.1) is 11.8 Å². The normalized spacial score (nSPS) is 28.0. The molecule has 1 aliphatic carbocycles. The summed E-state index contributed by atoms with van der Waals surface area (Å²) >= 11 is 0. The number of unbranched alkanes of at least 4 members (excludes halogenated alkanes) is 1. The molecule has 0 amide bonds. The zero-order chi connectivity index (χ0) is 15.7.